The number of nitrogens with one attached hydrogen (secondary N) is 1. The van der Waals surface area contributed by atoms with Gasteiger partial charge >= 0.3 is 0 Å². The Morgan fingerprint density at radius 1 is 1.44 bits per heavy atom. The van der Waals surface area contributed by atoms with Crippen LogP contribution in [0.2, 0.25) is 0 Å². The molecule has 1 atom stereocenters. The van der Waals surface area contributed by atoms with E-state index >= 15 is 0 Å². The Labute approximate surface area is 95.8 Å². The molecule has 1 amide bonds. The van der Waals surface area contributed by atoms with Crippen LogP contribution >= 0.6 is 0 Å². The minimum atomic E-state index is 0.0193. The zero-order valence-electron chi connectivity index (χ0n) is 9.53. The number of amides is 1. The summed E-state index contributed by atoms with van der Waals surface area (Å²) in [6.45, 7) is 3.37. The monoisotopic (exact) mass is 219 g/mol. The van der Waals surface area contributed by atoms with Crippen LogP contribution in [-0.2, 0) is 16.0 Å². The molecule has 3 nitrogen and oxygen atoms in total. The zero-order chi connectivity index (χ0) is 11.4. The molecule has 1 aromatic carbocycles. The Balaban J connectivity index is 1.94. The maximum absolute atomic E-state index is 11.8. The van der Waals surface area contributed by atoms with E-state index in [0.29, 0.717) is 13.2 Å². The molecule has 0 aromatic heterocycles. The molecule has 1 saturated heterocycles. The van der Waals surface area contributed by atoms with Crippen molar-refractivity contribution in [1.29, 1.82) is 0 Å². The minimum absolute atomic E-state index is 0.0193. The highest BCUT2D eigenvalue weighted by Gasteiger charge is 2.23. The first kappa shape index (κ1) is 11.1. The predicted molar refractivity (Wildman–Crippen MR) is 63.4 cm³/mol. The van der Waals surface area contributed by atoms with E-state index in [1.165, 1.54) is 5.56 Å². The normalized spacial score (nSPS) is 19.7. The summed E-state index contributed by atoms with van der Waals surface area (Å²) < 4.78 is 5.19. The topological polar surface area (TPSA) is 38.3 Å². The molecule has 16 heavy (non-hydrogen) atoms. The van der Waals surface area contributed by atoms with Crippen molar-refractivity contribution in [2.45, 2.75) is 19.8 Å². The third-order valence-corrected chi connectivity index (χ3v) is 2.93. The summed E-state index contributed by atoms with van der Waals surface area (Å²) in [6.07, 6.45) is 1.85. The number of anilines is 1. The van der Waals surface area contributed by atoms with E-state index in [-0.39, 0.29) is 11.8 Å². The van der Waals surface area contributed by atoms with Gasteiger partial charge in [0.05, 0.1) is 12.5 Å². The molecule has 0 spiro atoms. The molecule has 1 aliphatic heterocycles. The second-order valence-corrected chi connectivity index (χ2v) is 4.10. The smallest absolute Gasteiger partial charge is 0.229 e. The first-order valence-corrected chi connectivity index (χ1v) is 5.77. The van der Waals surface area contributed by atoms with Gasteiger partial charge in [0.15, 0.2) is 0 Å². The Hall–Kier alpha value is -1.35. The van der Waals surface area contributed by atoms with Gasteiger partial charge in [-0.2, -0.15) is 0 Å². The molecule has 2 rings (SSSR count). The molecular formula is C13H17NO2. The van der Waals surface area contributed by atoms with Gasteiger partial charge in [0.2, 0.25) is 5.91 Å². The van der Waals surface area contributed by atoms with Crippen molar-refractivity contribution < 1.29 is 9.53 Å². The average Bonchev–Trinajstić information content (AvgIpc) is 2.83. The second kappa shape index (κ2) is 5.12. The highest BCUT2D eigenvalue weighted by molar-refractivity contribution is 5.92. The van der Waals surface area contributed by atoms with Crippen molar-refractivity contribution >= 4 is 11.6 Å². The number of hydrogen-bond donors (Lipinski definition) is 1. The third kappa shape index (κ3) is 2.61. The van der Waals surface area contributed by atoms with Gasteiger partial charge in [-0.15, -0.1) is 0 Å². The van der Waals surface area contributed by atoms with Crippen molar-refractivity contribution in [3.8, 4) is 0 Å². The van der Waals surface area contributed by atoms with E-state index in [2.05, 4.69) is 12.2 Å². The summed E-state index contributed by atoms with van der Waals surface area (Å²) in [6, 6.07) is 7.99. The highest BCUT2D eigenvalue weighted by Crippen LogP contribution is 2.16. The maximum Gasteiger partial charge on any atom is 0.229 e. The van der Waals surface area contributed by atoms with E-state index in [1.807, 2.05) is 24.3 Å². The standard InChI is InChI=1S/C13H17NO2/c1-2-10-3-5-12(6-4-10)14-13(15)11-7-8-16-9-11/h3-6,11H,2,7-9H2,1H3,(H,14,15). The van der Waals surface area contributed by atoms with E-state index in [0.717, 1.165) is 18.5 Å². The lowest BCUT2D eigenvalue weighted by atomic mass is 10.1. The van der Waals surface area contributed by atoms with Crippen molar-refractivity contribution in [1.82, 2.24) is 0 Å². The fourth-order valence-corrected chi connectivity index (χ4v) is 1.81. The SMILES string of the molecule is CCc1ccc(NC(=O)C2CCOC2)cc1. The molecule has 1 aromatic rings. The van der Waals surface area contributed by atoms with Crippen LogP contribution in [0.1, 0.15) is 18.9 Å². The Morgan fingerprint density at radius 2 is 2.19 bits per heavy atom. The quantitative estimate of drug-likeness (QED) is 0.846. The summed E-state index contributed by atoms with van der Waals surface area (Å²) in [5.41, 5.74) is 2.15. The van der Waals surface area contributed by atoms with Gasteiger partial charge in [-0.25, -0.2) is 0 Å². The molecule has 3 heteroatoms. The molecule has 0 aliphatic carbocycles. The summed E-state index contributed by atoms with van der Waals surface area (Å²) in [7, 11) is 0. The molecule has 1 fully saturated rings. The lowest BCUT2D eigenvalue weighted by Crippen LogP contribution is -2.22. The molecule has 1 heterocycles. The van der Waals surface area contributed by atoms with Gasteiger partial charge in [0.1, 0.15) is 0 Å². The van der Waals surface area contributed by atoms with Gasteiger partial charge in [-0.1, -0.05) is 19.1 Å². The lowest BCUT2D eigenvalue weighted by Gasteiger charge is -2.09. The van der Waals surface area contributed by atoms with Gasteiger partial charge in [0.25, 0.3) is 0 Å². The fourth-order valence-electron chi connectivity index (χ4n) is 1.81. The first-order valence-electron chi connectivity index (χ1n) is 5.77. The average molecular weight is 219 g/mol. The summed E-state index contributed by atoms with van der Waals surface area (Å²) in [5, 5.41) is 2.92. The number of hydrogen-bond acceptors (Lipinski definition) is 2. The molecule has 0 radical (unpaired) electrons. The predicted octanol–water partition coefficient (Wildman–Crippen LogP) is 2.22. The van der Waals surface area contributed by atoms with Gasteiger partial charge < -0.3 is 10.1 Å². The third-order valence-electron chi connectivity index (χ3n) is 2.93. The van der Waals surface area contributed by atoms with Crippen LogP contribution in [-0.4, -0.2) is 19.1 Å². The fraction of sp³-hybridized carbons (Fsp3) is 0.462. The number of ether oxygens (including phenoxy) is 1. The van der Waals surface area contributed by atoms with Crippen LogP contribution in [0.15, 0.2) is 24.3 Å². The largest absolute Gasteiger partial charge is 0.381 e. The van der Waals surface area contributed by atoms with Crippen molar-refractivity contribution in [3.05, 3.63) is 29.8 Å². The maximum atomic E-state index is 11.8. The van der Waals surface area contributed by atoms with Gasteiger partial charge in [-0.3, -0.25) is 4.79 Å². The van der Waals surface area contributed by atoms with Crippen LogP contribution < -0.4 is 5.32 Å². The number of carbonyl (C=O) groups is 1. The van der Waals surface area contributed by atoms with E-state index in [9.17, 15) is 4.79 Å². The van der Waals surface area contributed by atoms with Gasteiger partial charge in [0, 0.05) is 12.3 Å². The molecule has 1 aliphatic rings. The lowest BCUT2D eigenvalue weighted by molar-refractivity contribution is -0.119. The molecule has 86 valence electrons. The Morgan fingerprint density at radius 3 is 2.75 bits per heavy atom. The number of benzene rings is 1. The summed E-state index contributed by atoms with van der Waals surface area (Å²) in [4.78, 5) is 11.8. The summed E-state index contributed by atoms with van der Waals surface area (Å²) >= 11 is 0. The minimum Gasteiger partial charge on any atom is -0.381 e. The zero-order valence-corrected chi connectivity index (χ0v) is 9.53. The number of carbonyl (C=O) groups excluding carboxylic acids is 1. The molecule has 1 N–H and O–H groups in total. The second-order valence-electron chi connectivity index (χ2n) is 4.10. The van der Waals surface area contributed by atoms with Crippen molar-refractivity contribution in [3.63, 3.8) is 0 Å². The molecule has 0 saturated carbocycles. The molecular weight excluding hydrogens is 202 g/mol. The van der Waals surface area contributed by atoms with Crippen LogP contribution in [0.4, 0.5) is 5.69 Å². The molecule has 0 bridgehead atoms. The molecule has 1 unspecified atom stereocenters. The van der Waals surface area contributed by atoms with E-state index in [4.69, 9.17) is 4.74 Å². The van der Waals surface area contributed by atoms with Crippen molar-refractivity contribution in [2.24, 2.45) is 5.92 Å². The van der Waals surface area contributed by atoms with Crippen LogP contribution in [0, 0.1) is 5.92 Å². The summed E-state index contributed by atoms with van der Waals surface area (Å²) in [5.74, 6) is 0.0904. The van der Waals surface area contributed by atoms with Crippen LogP contribution in [0.5, 0.6) is 0 Å². The van der Waals surface area contributed by atoms with Crippen LogP contribution in [0.3, 0.4) is 0 Å². The Bertz CT molecular complexity index is 353. The number of aryl methyl sites for hydroxylation is 1. The van der Waals surface area contributed by atoms with Crippen molar-refractivity contribution in [2.75, 3.05) is 18.5 Å². The highest BCUT2D eigenvalue weighted by atomic mass is 16.5. The number of rotatable bonds is 3. The van der Waals surface area contributed by atoms with E-state index < -0.39 is 0 Å². The van der Waals surface area contributed by atoms with Gasteiger partial charge in [-0.05, 0) is 30.5 Å². The van der Waals surface area contributed by atoms with Crippen LogP contribution in [0.25, 0.3) is 0 Å². The Kier molecular flexibility index (Phi) is 3.57. The van der Waals surface area contributed by atoms with E-state index in [1.54, 1.807) is 0 Å². The first-order chi connectivity index (χ1) is 7.79.